The monoisotopic (exact) mass is 307 g/mol. The van der Waals surface area contributed by atoms with Gasteiger partial charge in [-0.25, -0.2) is 18.2 Å². The molecule has 0 amide bonds. The number of carbonyl (C=O) groups is 1. The molecule has 0 aliphatic rings. The Balaban J connectivity index is 2.44. The number of sulfonamides is 1. The fraction of sp³-hybridized carbons (Fsp3) is 0.0769. The summed E-state index contributed by atoms with van der Waals surface area (Å²) in [7, 11) is -4.07. The molecule has 0 saturated heterocycles. The van der Waals surface area contributed by atoms with Gasteiger partial charge >= 0.3 is 5.97 Å². The lowest BCUT2D eigenvalue weighted by Gasteiger charge is -2.10. The van der Waals surface area contributed by atoms with Crippen molar-refractivity contribution in [1.82, 2.24) is 4.98 Å². The molecule has 110 valence electrons. The van der Waals surface area contributed by atoms with Crippen LogP contribution in [0.3, 0.4) is 0 Å². The van der Waals surface area contributed by atoms with Crippen molar-refractivity contribution in [2.24, 2.45) is 0 Å². The van der Waals surface area contributed by atoms with E-state index < -0.39 is 21.6 Å². The van der Waals surface area contributed by atoms with Crippen LogP contribution in [0.2, 0.25) is 0 Å². The number of benzene rings is 1. The fourth-order valence-electron chi connectivity index (χ4n) is 1.67. The number of aryl methyl sites for hydroxylation is 1. The Morgan fingerprint density at radius 1 is 1.29 bits per heavy atom. The standard InChI is InChI=1S/C13H13N3O4S/c1-8-2-5-12(15-7-8)16-21(19,20)11-4-3-9(14)6-10(11)13(17)18/h2-7H,14H2,1H3,(H,15,16)(H,17,18). The molecule has 0 aliphatic heterocycles. The third-order valence-corrected chi connectivity index (χ3v) is 4.09. The molecule has 7 nitrogen and oxygen atoms in total. The summed E-state index contributed by atoms with van der Waals surface area (Å²) in [5.41, 5.74) is 6.13. The highest BCUT2D eigenvalue weighted by Gasteiger charge is 2.23. The van der Waals surface area contributed by atoms with Crippen molar-refractivity contribution < 1.29 is 18.3 Å². The molecule has 2 aromatic rings. The van der Waals surface area contributed by atoms with E-state index in [0.29, 0.717) is 0 Å². The summed E-state index contributed by atoms with van der Waals surface area (Å²) in [5, 5.41) is 9.09. The Labute approximate surface area is 121 Å². The predicted octanol–water partition coefficient (Wildman–Crippen LogP) is 1.47. The molecule has 1 heterocycles. The molecular formula is C13H13N3O4S. The maximum atomic E-state index is 12.3. The maximum Gasteiger partial charge on any atom is 0.337 e. The number of hydrogen-bond donors (Lipinski definition) is 3. The lowest BCUT2D eigenvalue weighted by molar-refractivity contribution is 0.0692. The zero-order chi connectivity index (χ0) is 15.6. The lowest BCUT2D eigenvalue weighted by Crippen LogP contribution is -2.17. The number of aromatic carboxylic acids is 1. The normalized spacial score (nSPS) is 11.1. The number of hydrogen-bond acceptors (Lipinski definition) is 5. The first-order chi connectivity index (χ1) is 9.79. The van der Waals surface area contributed by atoms with Gasteiger partial charge in [-0.15, -0.1) is 0 Å². The molecule has 0 spiro atoms. The summed E-state index contributed by atoms with van der Waals surface area (Å²) in [6.07, 6.45) is 1.50. The highest BCUT2D eigenvalue weighted by atomic mass is 32.2. The molecule has 1 aromatic heterocycles. The van der Waals surface area contributed by atoms with Gasteiger partial charge in [0.05, 0.1) is 5.56 Å². The first-order valence-corrected chi connectivity index (χ1v) is 7.36. The van der Waals surface area contributed by atoms with E-state index in [0.717, 1.165) is 17.7 Å². The quantitative estimate of drug-likeness (QED) is 0.735. The minimum atomic E-state index is -4.07. The van der Waals surface area contributed by atoms with Crippen LogP contribution in [0, 0.1) is 6.92 Å². The van der Waals surface area contributed by atoms with Crippen LogP contribution < -0.4 is 10.5 Å². The molecule has 0 unspecified atom stereocenters. The summed E-state index contributed by atoms with van der Waals surface area (Å²) in [6.45, 7) is 1.81. The van der Waals surface area contributed by atoms with Crippen LogP contribution in [0.5, 0.6) is 0 Å². The van der Waals surface area contributed by atoms with Gasteiger partial charge in [0.15, 0.2) is 0 Å². The number of carboxylic acids is 1. The summed E-state index contributed by atoms with van der Waals surface area (Å²) in [6, 6.07) is 6.74. The van der Waals surface area contributed by atoms with Crippen molar-refractivity contribution in [2.75, 3.05) is 10.5 Å². The Morgan fingerprint density at radius 2 is 2.00 bits per heavy atom. The number of pyridine rings is 1. The Bertz CT molecular complexity index is 786. The molecule has 1 aromatic carbocycles. The first-order valence-electron chi connectivity index (χ1n) is 5.88. The molecule has 21 heavy (non-hydrogen) atoms. The Hall–Kier alpha value is -2.61. The summed E-state index contributed by atoms with van der Waals surface area (Å²) >= 11 is 0. The number of rotatable bonds is 4. The average Bonchev–Trinajstić information content (AvgIpc) is 2.40. The van der Waals surface area contributed by atoms with Gasteiger partial charge in [0.2, 0.25) is 0 Å². The van der Waals surface area contributed by atoms with Gasteiger partial charge in [-0.3, -0.25) is 4.72 Å². The van der Waals surface area contributed by atoms with Gasteiger partial charge < -0.3 is 10.8 Å². The molecule has 4 N–H and O–H groups in total. The molecule has 0 bridgehead atoms. The van der Waals surface area contributed by atoms with Crippen molar-refractivity contribution in [2.45, 2.75) is 11.8 Å². The second kappa shape index (κ2) is 5.41. The number of nitrogens with two attached hydrogens (primary N) is 1. The van der Waals surface area contributed by atoms with Crippen molar-refractivity contribution in [3.05, 3.63) is 47.7 Å². The van der Waals surface area contributed by atoms with Crippen LogP contribution in [-0.2, 0) is 10.0 Å². The Kier molecular flexibility index (Phi) is 3.81. The number of nitrogen functional groups attached to an aromatic ring is 1. The molecule has 0 radical (unpaired) electrons. The molecular weight excluding hydrogens is 294 g/mol. The van der Waals surface area contributed by atoms with Crippen LogP contribution in [-0.4, -0.2) is 24.5 Å². The van der Waals surface area contributed by atoms with Crippen LogP contribution in [0.4, 0.5) is 11.5 Å². The van der Waals surface area contributed by atoms with Gasteiger partial charge in [-0.05, 0) is 36.8 Å². The highest BCUT2D eigenvalue weighted by molar-refractivity contribution is 7.92. The zero-order valence-corrected chi connectivity index (χ0v) is 11.9. The SMILES string of the molecule is Cc1ccc(NS(=O)(=O)c2ccc(N)cc2C(=O)O)nc1. The van der Waals surface area contributed by atoms with E-state index in [1.165, 1.54) is 18.3 Å². The lowest BCUT2D eigenvalue weighted by atomic mass is 10.2. The van der Waals surface area contributed by atoms with Gasteiger partial charge in [-0.1, -0.05) is 6.07 Å². The van der Waals surface area contributed by atoms with Crippen molar-refractivity contribution in [1.29, 1.82) is 0 Å². The van der Waals surface area contributed by atoms with Crippen molar-refractivity contribution >= 4 is 27.5 Å². The van der Waals surface area contributed by atoms with Crippen LogP contribution >= 0.6 is 0 Å². The second-order valence-electron chi connectivity index (χ2n) is 4.39. The van der Waals surface area contributed by atoms with E-state index in [2.05, 4.69) is 9.71 Å². The summed E-state index contributed by atoms with van der Waals surface area (Å²) in [5.74, 6) is -1.27. The van der Waals surface area contributed by atoms with E-state index in [1.54, 1.807) is 6.07 Å². The van der Waals surface area contributed by atoms with Gasteiger partial charge in [0, 0.05) is 11.9 Å². The summed E-state index contributed by atoms with van der Waals surface area (Å²) in [4.78, 5) is 14.7. The third kappa shape index (κ3) is 3.29. The second-order valence-corrected chi connectivity index (χ2v) is 6.04. The highest BCUT2D eigenvalue weighted by Crippen LogP contribution is 2.21. The molecule has 2 rings (SSSR count). The van der Waals surface area contributed by atoms with Crippen molar-refractivity contribution in [3.63, 3.8) is 0 Å². The third-order valence-electron chi connectivity index (χ3n) is 2.67. The predicted molar refractivity (Wildman–Crippen MR) is 77.6 cm³/mol. The van der Waals surface area contributed by atoms with E-state index in [9.17, 15) is 13.2 Å². The van der Waals surface area contributed by atoms with Crippen LogP contribution in [0.25, 0.3) is 0 Å². The number of nitrogens with zero attached hydrogens (tertiary/aromatic N) is 1. The minimum Gasteiger partial charge on any atom is -0.478 e. The van der Waals surface area contributed by atoms with Crippen molar-refractivity contribution in [3.8, 4) is 0 Å². The minimum absolute atomic E-state index is 0.105. The van der Waals surface area contributed by atoms with E-state index in [4.69, 9.17) is 10.8 Å². The average molecular weight is 307 g/mol. The molecule has 0 aliphatic carbocycles. The molecule has 0 saturated carbocycles. The summed E-state index contributed by atoms with van der Waals surface area (Å²) < 4.78 is 26.8. The van der Waals surface area contributed by atoms with Gasteiger partial charge in [-0.2, -0.15) is 0 Å². The first kappa shape index (κ1) is 14.8. The smallest absolute Gasteiger partial charge is 0.337 e. The number of carboxylic acid groups (broad SMARTS) is 1. The van der Waals surface area contributed by atoms with E-state index in [-0.39, 0.29) is 16.4 Å². The topological polar surface area (TPSA) is 122 Å². The van der Waals surface area contributed by atoms with E-state index in [1.807, 2.05) is 6.92 Å². The van der Waals surface area contributed by atoms with Crippen LogP contribution in [0.1, 0.15) is 15.9 Å². The molecule has 0 atom stereocenters. The fourth-order valence-corrected chi connectivity index (χ4v) is 2.86. The molecule has 8 heteroatoms. The van der Waals surface area contributed by atoms with Gasteiger partial charge in [0.25, 0.3) is 10.0 Å². The Morgan fingerprint density at radius 3 is 2.57 bits per heavy atom. The number of nitrogens with one attached hydrogen (secondary N) is 1. The number of aromatic nitrogens is 1. The zero-order valence-electron chi connectivity index (χ0n) is 11.1. The molecule has 0 fully saturated rings. The number of anilines is 2. The van der Waals surface area contributed by atoms with Gasteiger partial charge in [0.1, 0.15) is 10.7 Å². The largest absolute Gasteiger partial charge is 0.478 e. The van der Waals surface area contributed by atoms with Crippen LogP contribution in [0.15, 0.2) is 41.4 Å². The van der Waals surface area contributed by atoms with E-state index >= 15 is 0 Å². The maximum absolute atomic E-state index is 12.3.